The van der Waals surface area contributed by atoms with Crippen LogP contribution < -0.4 is 21.3 Å². The molecule has 0 fully saturated rings. The van der Waals surface area contributed by atoms with Crippen LogP contribution in [0.3, 0.4) is 0 Å². The van der Waals surface area contributed by atoms with Crippen LogP contribution in [0.25, 0.3) is 0 Å². The van der Waals surface area contributed by atoms with Gasteiger partial charge in [-0.15, -0.1) is 0 Å². The van der Waals surface area contributed by atoms with Crippen LogP contribution >= 0.6 is 0 Å². The highest BCUT2D eigenvalue weighted by molar-refractivity contribution is 6.04. The zero-order valence-electron chi connectivity index (χ0n) is 19.3. The molecule has 0 aliphatic heterocycles. The SMILES string of the molecule is Cc1cccc(NC(=O)N[C@@H](CC(N)=O)C(=O)N(CC(=O)OC(C)(C)C)c2ccccc2)c1. The predicted molar refractivity (Wildman–Crippen MR) is 126 cm³/mol. The van der Waals surface area contributed by atoms with Crippen LogP contribution in [0.5, 0.6) is 0 Å². The number of carbonyl (C=O) groups is 4. The summed E-state index contributed by atoms with van der Waals surface area (Å²) in [5, 5.41) is 5.12. The summed E-state index contributed by atoms with van der Waals surface area (Å²) in [6.45, 7) is 6.61. The van der Waals surface area contributed by atoms with E-state index in [0.29, 0.717) is 11.4 Å². The van der Waals surface area contributed by atoms with Crippen LogP contribution in [-0.2, 0) is 19.1 Å². The number of urea groups is 1. The summed E-state index contributed by atoms with van der Waals surface area (Å²) in [4.78, 5) is 51.2. The van der Waals surface area contributed by atoms with E-state index in [1.165, 1.54) is 0 Å². The molecule has 0 aromatic heterocycles. The first kappa shape index (κ1) is 25.4. The maximum atomic E-state index is 13.4. The molecule has 4 N–H and O–H groups in total. The number of aryl methyl sites for hydroxylation is 1. The number of anilines is 2. The van der Waals surface area contributed by atoms with Crippen molar-refractivity contribution in [3.8, 4) is 0 Å². The summed E-state index contributed by atoms with van der Waals surface area (Å²) >= 11 is 0. The van der Waals surface area contributed by atoms with Crippen molar-refractivity contribution in [2.45, 2.75) is 45.8 Å². The van der Waals surface area contributed by atoms with Crippen molar-refractivity contribution in [1.82, 2.24) is 5.32 Å². The molecule has 0 bridgehead atoms. The van der Waals surface area contributed by atoms with Crippen molar-refractivity contribution in [1.29, 1.82) is 0 Å². The van der Waals surface area contributed by atoms with Gasteiger partial charge in [0.15, 0.2) is 0 Å². The Morgan fingerprint density at radius 1 is 1.03 bits per heavy atom. The first-order valence-corrected chi connectivity index (χ1v) is 10.5. The highest BCUT2D eigenvalue weighted by atomic mass is 16.6. The lowest BCUT2D eigenvalue weighted by atomic mass is 10.1. The molecule has 2 rings (SSSR count). The third-order valence-electron chi connectivity index (χ3n) is 4.33. The number of ether oxygens (including phenoxy) is 1. The largest absolute Gasteiger partial charge is 0.459 e. The van der Waals surface area contributed by atoms with Gasteiger partial charge in [-0.2, -0.15) is 0 Å². The van der Waals surface area contributed by atoms with Gasteiger partial charge in [0.1, 0.15) is 18.2 Å². The molecule has 0 spiro atoms. The lowest BCUT2D eigenvalue weighted by Crippen LogP contribution is -2.52. The number of hydrogen-bond donors (Lipinski definition) is 3. The summed E-state index contributed by atoms with van der Waals surface area (Å²) in [5.41, 5.74) is 6.44. The fourth-order valence-electron chi connectivity index (χ4n) is 3.04. The van der Waals surface area contributed by atoms with Crippen molar-refractivity contribution in [3.63, 3.8) is 0 Å². The second kappa shape index (κ2) is 11.1. The molecule has 4 amide bonds. The van der Waals surface area contributed by atoms with Gasteiger partial charge in [-0.1, -0.05) is 30.3 Å². The first-order chi connectivity index (χ1) is 15.4. The quantitative estimate of drug-likeness (QED) is 0.528. The first-order valence-electron chi connectivity index (χ1n) is 10.5. The van der Waals surface area contributed by atoms with Crippen LogP contribution in [0.2, 0.25) is 0 Å². The minimum Gasteiger partial charge on any atom is -0.459 e. The molecular weight excluding hydrogens is 424 g/mol. The van der Waals surface area contributed by atoms with Gasteiger partial charge in [-0.05, 0) is 57.5 Å². The molecule has 0 heterocycles. The number of nitrogens with one attached hydrogen (secondary N) is 2. The van der Waals surface area contributed by atoms with Gasteiger partial charge in [-0.25, -0.2) is 4.79 Å². The molecule has 2 aromatic carbocycles. The highest BCUT2D eigenvalue weighted by Gasteiger charge is 2.31. The Balaban J connectivity index is 2.26. The van der Waals surface area contributed by atoms with Crippen molar-refractivity contribution < 1.29 is 23.9 Å². The van der Waals surface area contributed by atoms with E-state index < -0.39 is 48.4 Å². The van der Waals surface area contributed by atoms with Gasteiger partial charge in [0.2, 0.25) is 5.91 Å². The molecule has 33 heavy (non-hydrogen) atoms. The van der Waals surface area contributed by atoms with Crippen LogP contribution in [-0.4, -0.2) is 42.0 Å². The van der Waals surface area contributed by atoms with Gasteiger partial charge in [0, 0.05) is 11.4 Å². The maximum absolute atomic E-state index is 13.4. The van der Waals surface area contributed by atoms with Crippen molar-refractivity contribution in [3.05, 3.63) is 60.2 Å². The van der Waals surface area contributed by atoms with E-state index in [2.05, 4.69) is 10.6 Å². The van der Waals surface area contributed by atoms with E-state index in [1.54, 1.807) is 69.3 Å². The normalized spacial score (nSPS) is 11.8. The molecule has 176 valence electrons. The molecule has 0 unspecified atom stereocenters. The van der Waals surface area contributed by atoms with Crippen LogP contribution in [0.15, 0.2) is 54.6 Å². The molecule has 0 saturated carbocycles. The number of esters is 1. The lowest BCUT2D eigenvalue weighted by Gasteiger charge is -2.28. The number of nitrogens with zero attached hydrogens (tertiary/aromatic N) is 1. The van der Waals surface area contributed by atoms with Crippen molar-refractivity contribution >= 4 is 35.2 Å². The number of para-hydroxylation sites is 1. The molecule has 9 nitrogen and oxygen atoms in total. The summed E-state index contributed by atoms with van der Waals surface area (Å²) in [5.74, 6) is -2.10. The van der Waals surface area contributed by atoms with Crippen LogP contribution in [0.4, 0.5) is 16.2 Å². The molecule has 0 aliphatic rings. The minimum absolute atomic E-state index is 0.406. The van der Waals surface area contributed by atoms with E-state index in [4.69, 9.17) is 10.5 Å². The van der Waals surface area contributed by atoms with Crippen molar-refractivity contribution in [2.75, 3.05) is 16.8 Å². The molecule has 0 aliphatic carbocycles. The molecular formula is C24H30N4O5. The summed E-state index contributed by atoms with van der Waals surface area (Å²) in [7, 11) is 0. The topological polar surface area (TPSA) is 131 Å². The van der Waals surface area contributed by atoms with Gasteiger partial charge in [0.05, 0.1) is 6.42 Å². The molecule has 9 heteroatoms. The van der Waals surface area contributed by atoms with Crippen LogP contribution in [0, 0.1) is 6.92 Å². The molecule has 2 aromatic rings. The lowest BCUT2D eigenvalue weighted by molar-refractivity contribution is -0.153. The number of carbonyl (C=O) groups excluding carboxylic acids is 4. The third kappa shape index (κ3) is 8.64. The monoisotopic (exact) mass is 454 g/mol. The third-order valence-corrected chi connectivity index (χ3v) is 4.33. The van der Waals surface area contributed by atoms with E-state index in [1.807, 2.05) is 13.0 Å². The summed E-state index contributed by atoms with van der Waals surface area (Å²) in [6, 6.07) is 13.5. The fourth-order valence-corrected chi connectivity index (χ4v) is 3.04. The average Bonchev–Trinajstić information content (AvgIpc) is 2.70. The maximum Gasteiger partial charge on any atom is 0.326 e. The number of benzene rings is 2. The highest BCUT2D eigenvalue weighted by Crippen LogP contribution is 2.17. The smallest absolute Gasteiger partial charge is 0.326 e. The Labute approximate surface area is 193 Å². The Hall–Kier alpha value is -3.88. The Bertz CT molecular complexity index is 1000. The average molecular weight is 455 g/mol. The molecule has 0 saturated heterocycles. The van der Waals surface area contributed by atoms with Gasteiger partial charge < -0.3 is 21.1 Å². The van der Waals surface area contributed by atoms with Gasteiger partial charge >= 0.3 is 12.0 Å². The Kier molecular flexibility index (Phi) is 8.56. The number of primary amides is 1. The fraction of sp³-hybridized carbons (Fsp3) is 0.333. The van der Waals surface area contributed by atoms with E-state index in [9.17, 15) is 19.2 Å². The zero-order valence-corrected chi connectivity index (χ0v) is 19.3. The predicted octanol–water partition coefficient (Wildman–Crippen LogP) is 2.74. The number of rotatable bonds is 8. The van der Waals surface area contributed by atoms with E-state index >= 15 is 0 Å². The van der Waals surface area contributed by atoms with E-state index in [0.717, 1.165) is 10.5 Å². The zero-order chi connectivity index (χ0) is 24.6. The summed E-state index contributed by atoms with van der Waals surface area (Å²) in [6.07, 6.45) is -0.447. The molecule has 0 radical (unpaired) electrons. The second-order valence-electron chi connectivity index (χ2n) is 8.54. The van der Waals surface area contributed by atoms with Gasteiger partial charge in [0.25, 0.3) is 5.91 Å². The standard InChI is InChI=1S/C24H30N4O5/c1-16-9-8-10-17(13-16)26-23(32)27-19(14-20(25)29)22(31)28(18-11-6-5-7-12-18)15-21(30)33-24(2,3)4/h5-13,19H,14-15H2,1-4H3,(H2,25,29)(H2,26,27,32)/t19-/m0/s1. The van der Waals surface area contributed by atoms with Crippen LogP contribution in [0.1, 0.15) is 32.8 Å². The summed E-state index contributed by atoms with van der Waals surface area (Å²) < 4.78 is 5.35. The Morgan fingerprint density at radius 2 is 1.70 bits per heavy atom. The second-order valence-corrected chi connectivity index (χ2v) is 8.54. The van der Waals surface area contributed by atoms with Gasteiger partial charge in [-0.3, -0.25) is 19.3 Å². The number of hydrogen-bond acceptors (Lipinski definition) is 5. The number of amides is 4. The van der Waals surface area contributed by atoms with E-state index in [-0.39, 0.29) is 0 Å². The minimum atomic E-state index is -1.30. The molecule has 1 atom stereocenters. The van der Waals surface area contributed by atoms with Crippen molar-refractivity contribution in [2.24, 2.45) is 5.73 Å². The Morgan fingerprint density at radius 3 is 2.27 bits per heavy atom. The number of nitrogens with two attached hydrogens (primary N) is 1.